The highest BCUT2D eigenvalue weighted by molar-refractivity contribution is 6.31. The number of nitrogens with one attached hydrogen (secondary N) is 1. The van der Waals surface area contributed by atoms with Gasteiger partial charge in [0.15, 0.2) is 12.4 Å². The number of carbonyl (C=O) groups excluding carboxylic acids is 2. The average molecular weight is 576 g/mol. The second-order valence-electron chi connectivity index (χ2n) is 9.42. The largest absolute Gasteiger partial charge is 0.484 e. The van der Waals surface area contributed by atoms with Crippen molar-refractivity contribution in [2.24, 2.45) is 0 Å². The van der Waals surface area contributed by atoms with Crippen molar-refractivity contribution in [2.75, 3.05) is 11.9 Å². The number of benzene rings is 5. The van der Waals surface area contributed by atoms with Crippen LogP contribution in [-0.2, 0) is 4.79 Å². The number of rotatable bonds is 8. The SMILES string of the molecule is O=C(COc1ccc2c(=O)c(Oc3ccc4ccccc4c3)coc2c1)Nc1ccc(Cl)cc1C(=O)c1ccccc1. The molecule has 42 heavy (non-hydrogen) atoms. The van der Waals surface area contributed by atoms with Crippen molar-refractivity contribution >= 4 is 50.7 Å². The van der Waals surface area contributed by atoms with Crippen molar-refractivity contribution in [3.05, 3.63) is 142 Å². The lowest BCUT2D eigenvalue weighted by Crippen LogP contribution is -2.21. The third kappa shape index (κ3) is 5.73. The molecule has 0 radical (unpaired) electrons. The maximum Gasteiger partial charge on any atom is 0.262 e. The predicted octanol–water partition coefficient (Wildman–Crippen LogP) is 7.64. The molecule has 0 spiro atoms. The van der Waals surface area contributed by atoms with Gasteiger partial charge in [0.05, 0.1) is 11.1 Å². The molecule has 0 aliphatic carbocycles. The van der Waals surface area contributed by atoms with Crippen molar-refractivity contribution < 1.29 is 23.5 Å². The molecule has 0 fully saturated rings. The number of carbonyl (C=O) groups is 2. The Morgan fingerprint density at radius 2 is 1.55 bits per heavy atom. The van der Waals surface area contributed by atoms with Crippen LogP contribution in [0.1, 0.15) is 15.9 Å². The lowest BCUT2D eigenvalue weighted by Gasteiger charge is -2.12. The summed E-state index contributed by atoms with van der Waals surface area (Å²) in [6.45, 7) is -0.347. The minimum Gasteiger partial charge on any atom is -0.484 e. The molecule has 6 aromatic rings. The number of fused-ring (bicyclic) bond motifs is 2. The molecular formula is C34H22ClNO6. The van der Waals surface area contributed by atoms with Crippen LogP contribution in [0.25, 0.3) is 21.7 Å². The number of hydrogen-bond donors (Lipinski definition) is 1. The molecule has 0 unspecified atom stereocenters. The predicted molar refractivity (Wildman–Crippen MR) is 162 cm³/mol. The maximum absolute atomic E-state index is 13.1. The third-order valence-electron chi connectivity index (χ3n) is 6.57. The van der Waals surface area contributed by atoms with Crippen molar-refractivity contribution in [3.8, 4) is 17.2 Å². The fraction of sp³-hybridized carbons (Fsp3) is 0.0294. The van der Waals surface area contributed by atoms with Crippen LogP contribution >= 0.6 is 11.6 Å². The zero-order valence-corrected chi connectivity index (χ0v) is 22.8. The number of halogens is 1. The first-order valence-corrected chi connectivity index (χ1v) is 13.4. The van der Waals surface area contributed by atoms with Gasteiger partial charge in [-0.2, -0.15) is 0 Å². The lowest BCUT2D eigenvalue weighted by atomic mass is 10.0. The quantitative estimate of drug-likeness (QED) is 0.187. The average Bonchev–Trinajstić information content (AvgIpc) is 3.02. The van der Waals surface area contributed by atoms with Gasteiger partial charge in [-0.3, -0.25) is 14.4 Å². The molecule has 0 saturated heterocycles. The zero-order valence-electron chi connectivity index (χ0n) is 22.0. The van der Waals surface area contributed by atoms with Gasteiger partial charge in [-0.25, -0.2) is 0 Å². The summed E-state index contributed by atoms with van der Waals surface area (Å²) >= 11 is 6.13. The molecule has 1 N–H and O–H groups in total. The monoisotopic (exact) mass is 575 g/mol. The first-order valence-electron chi connectivity index (χ1n) is 13.0. The van der Waals surface area contributed by atoms with Gasteiger partial charge in [-0.05, 0) is 53.2 Å². The molecule has 0 aliphatic rings. The van der Waals surface area contributed by atoms with Gasteiger partial charge in [-0.15, -0.1) is 0 Å². The van der Waals surface area contributed by atoms with E-state index in [1.165, 1.54) is 18.4 Å². The van der Waals surface area contributed by atoms with Gasteiger partial charge >= 0.3 is 0 Å². The van der Waals surface area contributed by atoms with E-state index in [-0.39, 0.29) is 34.7 Å². The Balaban J connectivity index is 1.14. The molecule has 6 rings (SSSR count). The van der Waals surface area contributed by atoms with Gasteiger partial charge < -0.3 is 19.2 Å². The standard InChI is InChI=1S/C34H22ClNO6/c35-24-11-15-29(28(17-24)33(38)22-7-2-1-3-8-22)36-32(37)20-40-25-13-14-27-30(18-25)41-19-31(34(27)39)42-26-12-10-21-6-4-5-9-23(21)16-26/h1-19H,20H2,(H,36,37). The van der Waals surface area contributed by atoms with E-state index in [1.807, 2.05) is 42.5 Å². The molecule has 0 saturated carbocycles. The second kappa shape index (κ2) is 11.6. The van der Waals surface area contributed by atoms with Crippen LogP contribution in [0.15, 0.2) is 125 Å². The molecule has 8 heteroatoms. The van der Waals surface area contributed by atoms with Gasteiger partial charge in [0.25, 0.3) is 5.91 Å². The molecule has 5 aromatic carbocycles. The Morgan fingerprint density at radius 1 is 0.786 bits per heavy atom. The summed E-state index contributed by atoms with van der Waals surface area (Å²) in [5.41, 5.74) is 0.973. The van der Waals surface area contributed by atoms with Crippen molar-refractivity contribution in [2.45, 2.75) is 0 Å². The van der Waals surface area contributed by atoms with E-state index in [4.69, 9.17) is 25.5 Å². The summed E-state index contributed by atoms with van der Waals surface area (Å²) in [4.78, 5) is 38.8. The molecule has 0 bridgehead atoms. The summed E-state index contributed by atoms with van der Waals surface area (Å²) in [6, 6.07) is 31.4. The second-order valence-corrected chi connectivity index (χ2v) is 9.86. The van der Waals surface area contributed by atoms with Crippen molar-refractivity contribution in [1.29, 1.82) is 0 Å². The van der Waals surface area contributed by atoms with Crippen molar-refractivity contribution in [3.63, 3.8) is 0 Å². The van der Waals surface area contributed by atoms with Crippen LogP contribution < -0.4 is 20.2 Å². The Hall–Kier alpha value is -5.40. The Morgan fingerprint density at radius 3 is 2.38 bits per heavy atom. The van der Waals surface area contributed by atoms with Crippen LogP contribution in [0.5, 0.6) is 17.2 Å². The molecule has 206 valence electrons. The highest BCUT2D eigenvalue weighted by atomic mass is 35.5. The minimum absolute atomic E-state index is 0.0506. The highest BCUT2D eigenvalue weighted by Gasteiger charge is 2.17. The Kier molecular flexibility index (Phi) is 7.41. The fourth-order valence-corrected chi connectivity index (χ4v) is 4.67. The van der Waals surface area contributed by atoms with Crippen molar-refractivity contribution in [1.82, 2.24) is 0 Å². The van der Waals surface area contributed by atoms with E-state index >= 15 is 0 Å². The van der Waals surface area contributed by atoms with E-state index < -0.39 is 5.91 Å². The lowest BCUT2D eigenvalue weighted by molar-refractivity contribution is -0.118. The van der Waals surface area contributed by atoms with E-state index in [2.05, 4.69) is 5.32 Å². The van der Waals surface area contributed by atoms with E-state index in [0.29, 0.717) is 33.2 Å². The number of ketones is 1. The van der Waals surface area contributed by atoms with Crippen LogP contribution in [-0.4, -0.2) is 18.3 Å². The maximum atomic E-state index is 13.1. The third-order valence-corrected chi connectivity index (χ3v) is 6.80. The zero-order chi connectivity index (χ0) is 29.1. The minimum atomic E-state index is -0.486. The van der Waals surface area contributed by atoms with Crippen LogP contribution in [0.3, 0.4) is 0 Å². The summed E-state index contributed by atoms with van der Waals surface area (Å²) < 4.78 is 17.1. The van der Waals surface area contributed by atoms with Gasteiger partial charge in [0.1, 0.15) is 23.3 Å². The number of anilines is 1. The van der Waals surface area contributed by atoms with Crippen LogP contribution in [0, 0.1) is 0 Å². The van der Waals surface area contributed by atoms with E-state index in [0.717, 1.165) is 10.8 Å². The fourth-order valence-electron chi connectivity index (χ4n) is 4.50. The summed E-state index contributed by atoms with van der Waals surface area (Å²) in [5, 5.41) is 5.43. The van der Waals surface area contributed by atoms with Gasteiger partial charge in [0.2, 0.25) is 11.2 Å². The van der Waals surface area contributed by atoms with Crippen LogP contribution in [0.4, 0.5) is 5.69 Å². The van der Waals surface area contributed by atoms with E-state index in [1.54, 1.807) is 54.6 Å². The first kappa shape index (κ1) is 26.8. The number of ether oxygens (including phenoxy) is 2. The molecule has 1 amide bonds. The van der Waals surface area contributed by atoms with Gasteiger partial charge in [0, 0.05) is 22.2 Å². The molecule has 1 heterocycles. The van der Waals surface area contributed by atoms with Gasteiger partial charge in [-0.1, -0.05) is 72.3 Å². The normalized spacial score (nSPS) is 10.9. The molecular weight excluding hydrogens is 554 g/mol. The number of hydrogen-bond acceptors (Lipinski definition) is 6. The topological polar surface area (TPSA) is 94.8 Å². The smallest absolute Gasteiger partial charge is 0.262 e. The molecule has 7 nitrogen and oxygen atoms in total. The van der Waals surface area contributed by atoms with Crippen LogP contribution in [0.2, 0.25) is 5.02 Å². The summed E-state index contributed by atoms with van der Waals surface area (Å²) in [6.07, 6.45) is 1.25. The van der Waals surface area contributed by atoms with E-state index in [9.17, 15) is 14.4 Å². The molecule has 0 atom stereocenters. The molecule has 0 aliphatic heterocycles. The summed E-state index contributed by atoms with van der Waals surface area (Å²) in [7, 11) is 0. The summed E-state index contributed by atoms with van der Waals surface area (Å²) in [5.74, 6) is 0.124. The number of amides is 1. The molecule has 1 aromatic heterocycles. The highest BCUT2D eigenvalue weighted by Crippen LogP contribution is 2.27. The Bertz CT molecular complexity index is 2020. The first-order chi connectivity index (χ1) is 20.4. The Labute approximate surface area is 244 Å².